The summed E-state index contributed by atoms with van der Waals surface area (Å²) in [5.74, 6) is -0.365. The highest BCUT2D eigenvalue weighted by Gasteiger charge is 2.33. The second kappa shape index (κ2) is 9.86. The third kappa shape index (κ3) is 5.29. The molecule has 0 amide bonds. The van der Waals surface area contributed by atoms with E-state index in [2.05, 4.69) is 0 Å². The van der Waals surface area contributed by atoms with Gasteiger partial charge in [-0.15, -0.1) is 0 Å². The summed E-state index contributed by atoms with van der Waals surface area (Å²) in [5.41, 5.74) is 0. The van der Waals surface area contributed by atoms with E-state index in [-0.39, 0.29) is 36.0 Å². The summed E-state index contributed by atoms with van der Waals surface area (Å²) in [4.78, 5) is 24.4. The van der Waals surface area contributed by atoms with Gasteiger partial charge in [0.05, 0.1) is 11.8 Å². The lowest BCUT2D eigenvalue weighted by atomic mass is 9.93. The summed E-state index contributed by atoms with van der Waals surface area (Å²) in [5, 5.41) is 0. The maximum Gasteiger partial charge on any atom is 0.309 e. The van der Waals surface area contributed by atoms with E-state index in [0.29, 0.717) is 0 Å². The molecule has 0 aliphatic heterocycles. The zero-order valence-electron chi connectivity index (χ0n) is 14.6. The van der Waals surface area contributed by atoms with Gasteiger partial charge in [-0.2, -0.15) is 0 Å². The van der Waals surface area contributed by atoms with Crippen molar-refractivity contribution in [3.05, 3.63) is 0 Å². The Balaban J connectivity index is 2.63. The van der Waals surface area contributed by atoms with Gasteiger partial charge in [0.25, 0.3) is 0 Å². The molecule has 1 fully saturated rings. The lowest BCUT2D eigenvalue weighted by Crippen LogP contribution is -2.40. The molecule has 0 aromatic rings. The van der Waals surface area contributed by atoms with Crippen molar-refractivity contribution in [2.45, 2.75) is 91.3 Å². The minimum atomic E-state index is -0.264. The Morgan fingerprint density at radius 1 is 0.773 bits per heavy atom. The number of rotatable bonds is 8. The topological polar surface area (TPSA) is 52.6 Å². The van der Waals surface area contributed by atoms with Crippen molar-refractivity contribution in [3.63, 3.8) is 0 Å². The first kappa shape index (κ1) is 19.0. The normalized spacial score (nSPS) is 21.9. The van der Waals surface area contributed by atoms with Crippen LogP contribution in [0.15, 0.2) is 0 Å². The number of esters is 2. The quantitative estimate of drug-likeness (QED) is 0.628. The molecule has 0 spiro atoms. The largest absolute Gasteiger partial charge is 0.458 e. The predicted octanol–water partition coefficient (Wildman–Crippen LogP) is 4.26. The van der Waals surface area contributed by atoms with E-state index >= 15 is 0 Å². The Bertz CT molecular complexity index is 311. The lowest BCUT2D eigenvalue weighted by molar-refractivity contribution is -0.177. The van der Waals surface area contributed by atoms with Gasteiger partial charge in [-0.25, -0.2) is 0 Å². The molecule has 0 N–H and O–H groups in total. The number of carbonyl (C=O) groups excluding carboxylic acids is 2. The summed E-state index contributed by atoms with van der Waals surface area (Å²) in [6.07, 6.45) is 6.29. The summed E-state index contributed by atoms with van der Waals surface area (Å²) < 4.78 is 11.4. The number of hydrogen-bond acceptors (Lipinski definition) is 4. The molecule has 0 radical (unpaired) electrons. The Labute approximate surface area is 134 Å². The van der Waals surface area contributed by atoms with E-state index in [1.54, 1.807) is 0 Å². The molecule has 4 nitrogen and oxygen atoms in total. The first-order valence-corrected chi connectivity index (χ1v) is 8.98. The van der Waals surface area contributed by atoms with Gasteiger partial charge in [-0.05, 0) is 51.4 Å². The Morgan fingerprint density at radius 3 is 1.36 bits per heavy atom. The number of hydrogen-bond donors (Lipinski definition) is 0. The van der Waals surface area contributed by atoms with Crippen LogP contribution in [0.5, 0.6) is 0 Å². The van der Waals surface area contributed by atoms with Crippen LogP contribution in [0.2, 0.25) is 0 Å². The van der Waals surface area contributed by atoms with Gasteiger partial charge in [0.1, 0.15) is 12.2 Å². The average molecular weight is 312 g/mol. The first-order chi connectivity index (χ1) is 10.6. The van der Waals surface area contributed by atoms with Gasteiger partial charge in [0, 0.05) is 0 Å². The summed E-state index contributed by atoms with van der Waals surface area (Å²) in [7, 11) is 0. The van der Waals surface area contributed by atoms with Crippen molar-refractivity contribution in [2.24, 2.45) is 11.8 Å². The number of ether oxygens (including phenoxy) is 2. The fraction of sp³-hybridized carbons (Fsp3) is 0.889. The Kier molecular flexibility index (Phi) is 8.51. The van der Waals surface area contributed by atoms with Gasteiger partial charge in [0.2, 0.25) is 0 Å². The van der Waals surface area contributed by atoms with E-state index in [4.69, 9.17) is 9.47 Å². The van der Waals surface area contributed by atoms with Crippen LogP contribution in [0.25, 0.3) is 0 Å². The molecule has 1 aliphatic carbocycles. The second-order valence-corrected chi connectivity index (χ2v) is 6.26. The van der Waals surface area contributed by atoms with E-state index in [1.807, 2.05) is 27.7 Å². The van der Waals surface area contributed by atoms with Crippen molar-refractivity contribution in [2.75, 3.05) is 0 Å². The van der Waals surface area contributed by atoms with Crippen LogP contribution < -0.4 is 0 Å². The molecule has 2 unspecified atom stereocenters. The third-order valence-corrected chi connectivity index (χ3v) is 4.81. The molecule has 2 atom stereocenters. The highest BCUT2D eigenvalue weighted by molar-refractivity contribution is 5.73. The predicted molar refractivity (Wildman–Crippen MR) is 86.4 cm³/mol. The zero-order chi connectivity index (χ0) is 16.5. The highest BCUT2D eigenvalue weighted by atomic mass is 16.6. The monoisotopic (exact) mass is 312 g/mol. The van der Waals surface area contributed by atoms with Crippen molar-refractivity contribution >= 4 is 11.9 Å². The van der Waals surface area contributed by atoms with E-state index in [9.17, 15) is 9.59 Å². The second-order valence-electron chi connectivity index (χ2n) is 6.26. The van der Waals surface area contributed by atoms with Crippen LogP contribution in [0.3, 0.4) is 0 Å². The first-order valence-electron chi connectivity index (χ1n) is 8.98. The molecule has 1 rings (SSSR count). The molecule has 0 aromatic heterocycles. The van der Waals surface area contributed by atoms with Crippen molar-refractivity contribution in [3.8, 4) is 0 Å². The summed E-state index contributed by atoms with van der Waals surface area (Å²) >= 11 is 0. The van der Waals surface area contributed by atoms with Gasteiger partial charge in [-0.1, -0.05) is 27.7 Å². The maximum atomic E-state index is 12.2. The molecule has 22 heavy (non-hydrogen) atoms. The molecule has 1 aliphatic rings. The van der Waals surface area contributed by atoms with Gasteiger partial charge < -0.3 is 9.47 Å². The molecule has 1 saturated carbocycles. The average Bonchev–Trinajstić information content (AvgIpc) is 2.51. The standard InChI is InChI=1S/C18H32O4/c1-5-13(6-2)17(19)21-15-11-9-10-12-16(15)22-18(20)14(7-3)8-4/h13-16H,5-12H2,1-4H3. The molecule has 0 bridgehead atoms. The minimum Gasteiger partial charge on any atom is -0.458 e. The Morgan fingerprint density at radius 2 is 1.09 bits per heavy atom. The van der Waals surface area contributed by atoms with Crippen LogP contribution in [-0.4, -0.2) is 24.1 Å². The molecular formula is C18H32O4. The fourth-order valence-corrected chi connectivity index (χ4v) is 3.07. The third-order valence-electron chi connectivity index (χ3n) is 4.81. The molecule has 0 saturated heterocycles. The van der Waals surface area contributed by atoms with Crippen LogP contribution in [0.1, 0.15) is 79.1 Å². The van der Waals surface area contributed by atoms with E-state index < -0.39 is 0 Å². The van der Waals surface area contributed by atoms with Crippen LogP contribution in [-0.2, 0) is 19.1 Å². The van der Waals surface area contributed by atoms with Gasteiger partial charge >= 0.3 is 11.9 Å². The molecule has 128 valence electrons. The van der Waals surface area contributed by atoms with E-state index in [1.165, 1.54) is 0 Å². The molecular weight excluding hydrogens is 280 g/mol. The summed E-state index contributed by atoms with van der Waals surface area (Å²) in [6.45, 7) is 8.00. The van der Waals surface area contributed by atoms with Crippen molar-refractivity contribution in [1.82, 2.24) is 0 Å². The lowest BCUT2D eigenvalue weighted by Gasteiger charge is -2.32. The smallest absolute Gasteiger partial charge is 0.309 e. The highest BCUT2D eigenvalue weighted by Crippen LogP contribution is 2.27. The molecule has 0 heterocycles. The van der Waals surface area contributed by atoms with Crippen LogP contribution in [0.4, 0.5) is 0 Å². The van der Waals surface area contributed by atoms with Gasteiger partial charge in [-0.3, -0.25) is 9.59 Å². The minimum absolute atomic E-state index is 0.0442. The summed E-state index contributed by atoms with van der Waals surface area (Å²) in [6, 6.07) is 0. The van der Waals surface area contributed by atoms with Crippen molar-refractivity contribution < 1.29 is 19.1 Å². The van der Waals surface area contributed by atoms with Gasteiger partial charge in [0.15, 0.2) is 0 Å². The van der Waals surface area contributed by atoms with Crippen LogP contribution >= 0.6 is 0 Å². The maximum absolute atomic E-state index is 12.2. The SMILES string of the molecule is CCC(CC)C(=O)OC1CCCCC1OC(=O)C(CC)CC. The molecule has 0 aromatic carbocycles. The zero-order valence-corrected chi connectivity index (χ0v) is 14.6. The van der Waals surface area contributed by atoms with Crippen molar-refractivity contribution in [1.29, 1.82) is 0 Å². The number of carbonyl (C=O) groups is 2. The van der Waals surface area contributed by atoms with Crippen LogP contribution in [0, 0.1) is 11.8 Å². The Hall–Kier alpha value is -1.06. The molecule has 4 heteroatoms. The van der Waals surface area contributed by atoms with E-state index in [0.717, 1.165) is 51.4 Å². The fourth-order valence-electron chi connectivity index (χ4n) is 3.07.